The summed E-state index contributed by atoms with van der Waals surface area (Å²) in [5.74, 6) is -1.16. The van der Waals surface area contributed by atoms with Crippen molar-refractivity contribution in [1.82, 2.24) is 9.29 Å². The average molecular weight is 302 g/mol. The average Bonchev–Trinajstić information content (AvgIpc) is 2.70. The molecule has 7 heteroatoms. The molecule has 0 radical (unpaired) electrons. The first-order chi connectivity index (χ1) is 10.0. The summed E-state index contributed by atoms with van der Waals surface area (Å²) in [5.41, 5.74) is 0.350. The van der Waals surface area contributed by atoms with Gasteiger partial charge in [0.05, 0.1) is 5.56 Å². The first kappa shape index (κ1) is 13.4. The molecule has 1 aliphatic rings. The number of fused-ring (bicyclic) bond motifs is 1. The zero-order valence-electron chi connectivity index (χ0n) is 10.8. The second-order valence-electron chi connectivity index (χ2n) is 4.46. The molecule has 2 heterocycles. The Balaban J connectivity index is 1.95. The van der Waals surface area contributed by atoms with Crippen LogP contribution in [0.15, 0.2) is 53.7 Å². The molecule has 1 aliphatic heterocycles. The summed E-state index contributed by atoms with van der Waals surface area (Å²) in [5, 5.41) is -0.295. The molecule has 0 saturated carbocycles. The van der Waals surface area contributed by atoms with Crippen molar-refractivity contribution in [1.29, 1.82) is 0 Å². The number of amides is 1. The van der Waals surface area contributed by atoms with Gasteiger partial charge in [-0.05, 0) is 12.1 Å². The smallest absolute Gasteiger partial charge is 0.285 e. The first-order valence-corrected chi connectivity index (χ1v) is 7.56. The minimum Gasteiger partial charge on any atom is -0.292 e. The maximum Gasteiger partial charge on any atom is 0.285 e. The Bertz CT molecular complexity index is 831. The number of sulfonamides is 1. The highest BCUT2D eigenvalue weighted by Crippen LogP contribution is 2.28. The van der Waals surface area contributed by atoms with Crippen LogP contribution in [0.25, 0.3) is 0 Å². The van der Waals surface area contributed by atoms with Crippen LogP contribution in [-0.2, 0) is 10.0 Å². The number of rotatable bonds is 3. The molecule has 6 nitrogen and oxygen atoms in total. The van der Waals surface area contributed by atoms with E-state index in [9.17, 15) is 18.0 Å². The number of Topliss-reactive ketones (excluding diaryl/α,β-unsaturated/α-hetero) is 1. The Morgan fingerprint density at radius 1 is 1.10 bits per heavy atom. The lowest BCUT2D eigenvalue weighted by Gasteiger charge is -2.13. The van der Waals surface area contributed by atoms with E-state index in [-0.39, 0.29) is 10.6 Å². The van der Waals surface area contributed by atoms with Crippen LogP contribution >= 0.6 is 0 Å². The summed E-state index contributed by atoms with van der Waals surface area (Å²) >= 11 is 0. The number of carbonyl (C=O) groups is 2. The van der Waals surface area contributed by atoms with Crippen molar-refractivity contribution < 1.29 is 18.0 Å². The number of aromatic nitrogens is 1. The zero-order chi connectivity index (χ0) is 15.0. The molecular formula is C14H10N2O4S. The lowest BCUT2D eigenvalue weighted by molar-refractivity contribution is 0.0820. The standard InChI is InChI=1S/C14H10N2O4S/c17-12(10-5-2-1-3-6-10)9-16-14(18)11-7-4-8-15-13(11)21(16,19)20/h1-8H,9H2. The van der Waals surface area contributed by atoms with E-state index < -0.39 is 28.3 Å². The third-order valence-corrected chi connectivity index (χ3v) is 4.83. The lowest BCUT2D eigenvalue weighted by atomic mass is 10.1. The molecule has 1 aromatic carbocycles. The molecule has 3 rings (SSSR count). The summed E-state index contributed by atoms with van der Waals surface area (Å²) in [7, 11) is -4.05. The summed E-state index contributed by atoms with van der Waals surface area (Å²) in [6, 6.07) is 11.1. The fourth-order valence-corrected chi connectivity index (χ4v) is 3.55. The van der Waals surface area contributed by atoms with Gasteiger partial charge in [0.15, 0.2) is 10.8 Å². The predicted molar refractivity (Wildman–Crippen MR) is 73.2 cm³/mol. The van der Waals surface area contributed by atoms with Crippen molar-refractivity contribution in [3.8, 4) is 0 Å². The van der Waals surface area contributed by atoms with Crippen molar-refractivity contribution in [2.45, 2.75) is 5.03 Å². The Labute approximate surface area is 121 Å². The predicted octanol–water partition coefficient (Wildman–Crippen LogP) is 1.11. The van der Waals surface area contributed by atoms with E-state index in [0.29, 0.717) is 9.87 Å². The highest BCUT2D eigenvalue weighted by molar-refractivity contribution is 7.90. The van der Waals surface area contributed by atoms with Gasteiger partial charge in [-0.2, -0.15) is 8.42 Å². The third-order valence-electron chi connectivity index (χ3n) is 3.15. The molecule has 0 spiro atoms. The van der Waals surface area contributed by atoms with Gasteiger partial charge in [0.25, 0.3) is 15.9 Å². The molecule has 0 saturated heterocycles. The molecule has 0 bridgehead atoms. The van der Waals surface area contributed by atoms with Crippen LogP contribution in [0, 0.1) is 0 Å². The lowest BCUT2D eigenvalue weighted by Crippen LogP contribution is -2.35. The number of ketones is 1. The van der Waals surface area contributed by atoms with Gasteiger partial charge in [0.2, 0.25) is 0 Å². The van der Waals surface area contributed by atoms with Gasteiger partial charge in [-0.25, -0.2) is 9.29 Å². The Kier molecular flexibility index (Phi) is 3.06. The Hall–Kier alpha value is -2.54. The monoisotopic (exact) mass is 302 g/mol. The molecule has 1 aromatic heterocycles. The molecule has 0 unspecified atom stereocenters. The minimum absolute atomic E-state index is 0.00152. The van der Waals surface area contributed by atoms with Crippen molar-refractivity contribution in [2.24, 2.45) is 0 Å². The molecule has 21 heavy (non-hydrogen) atoms. The van der Waals surface area contributed by atoms with Crippen LogP contribution < -0.4 is 0 Å². The van der Waals surface area contributed by atoms with Gasteiger partial charge in [-0.15, -0.1) is 0 Å². The SMILES string of the molecule is O=C(CN1C(=O)c2cccnc2S1(=O)=O)c1ccccc1. The molecular weight excluding hydrogens is 292 g/mol. The van der Waals surface area contributed by atoms with Crippen LogP contribution in [0.5, 0.6) is 0 Å². The fourth-order valence-electron chi connectivity index (χ4n) is 2.11. The first-order valence-electron chi connectivity index (χ1n) is 6.12. The molecule has 2 aromatic rings. The van der Waals surface area contributed by atoms with E-state index in [1.807, 2.05) is 0 Å². The largest absolute Gasteiger partial charge is 0.292 e. The second kappa shape index (κ2) is 4.78. The molecule has 0 N–H and O–H groups in total. The Morgan fingerprint density at radius 3 is 2.48 bits per heavy atom. The minimum atomic E-state index is -4.05. The van der Waals surface area contributed by atoms with E-state index >= 15 is 0 Å². The number of pyridine rings is 1. The zero-order valence-corrected chi connectivity index (χ0v) is 11.6. The molecule has 0 aliphatic carbocycles. The Morgan fingerprint density at radius 2 is 1.81 bits per heavy atom. The number of hydrogen-bond donors (Lipinski definition) is 0. The molecule has 1 amide bonds. The highest BCUT2D eigenvalue weighted by atomic mass is 32.2. The number of nitrogens with zero attached hydrogens (tertiary/aromatic N) is 2. The molecule has 106 valence electrons. The van der Waals surface area contributed by atoms with E-state index in [1.165, 1.54) is 18.3 Å². The second-order valence-corrected chi connectivity index (χ2v) is 6.24. The van der Waals surface area contributed by atoms with Crippen LogP contribution in [0.1, 0.15) is 20.7 Å². The van der Waals surface area contributed by atoms with Gasteiger partial charge in [0.1, 0.15) is 6.54 Å². The summed E-state index contributed by atoms with van der Waals surface area (Å²) in [6.07, 6.45) is 1.30. The molecule has 0 fully saturated rings. The third kappa shape index (κ3) is 2.11. The maximum atomic E-state index is 12.3. The van der Waals surface area contributed by atoms with Crippen LogP contribution in [0.2, 0.25) is 0 Å². The molecule has 0 atom stereocenters. The van der Waals surface area contributed by atoms with Gasteiger partial charge in [-0.3, -0.25) is 9.59 Å². The topological polar surface area (TPSA) is 84.4 Å². The highest BCUT2D eigenvalue weighted by Gasteiger charge is 2.43. The van der Waals surface area contributed by atoms with Crippen LogP contribution in [-0.4, -0.2) is 35.9 Å². The van der Waals surface area contributed by atoms with Gasteiger partial charge in [-0.1, -0.05) is 30.3 Å². The summed E-state index contributed by atoms with van der Waals surface area (Å²) < 4.78 is 25.1. The fraction of sp³-hybridized carbons (Fsp3) is 0.0714. The van der Waals surface area contributed by atoms with Crippen molar-refractivity contribution in [2.75, 3.05) is 6.54 Å². The quantitative estimate of drug-likeness (QED) is 0.793. The van der Waals surface area contributed by atoms with Crippen LogP contribution in [0.4, 0.5) is 0 Å². The number of carbonyl (C=O) groups excluding carboxylic acids is 2. The number of hydrogen-bond acceptors (Lipinski definition) is 5. The summed E-state index contributed by atoms with van der Waals surface area (Å²) in [6.45, 7) is -0.526. The summed E-state index contributed by atoms with van der Waals surface area (Å²) in [4.78, 5) is 28.0. The van der Waals surface area contributed by atoms with E-state index in [4.69, 9.17) is 0 Å². The van der Waals surface area contributed by atoms with E-state index in [2.05, 4.69) is 4.98 Å². The maximum absolute atomic E-state index is 12.3. The number of benzene rings is 1. The van der Waals surface area contributed by atoms with E-state index in [0.717, 1.165) is 0 Å². The normalized spacial score (nSPS) is 15.8. The van der Waals surface area contributed by atoms with Gasteiger partial charge < -0.3 is 0 Å². The van der Waals surface area contributed by atoms with Crippen molar-refractivity contribution >= 4 is 21.7 Å². The van der Waals surface area contributed by atoms with Crippen molar-refractivity contribution in [3.05, 3.63) is 59.8 Å². The van der Waals surface area contributed by atoms with Gasteiger partial charge >= 0.3 is 0 Å². The van der Waals surface area contributed by atoms with Crippen molar-refractivity contribution in [3.63, 3.8) is 0 Å². The van der Waals surface area contributed by atoms with Crippen LogP contribution in [0.3, 0.4) is 0 Å². The van der Waals surface area contributed by atoms with Gasteiger partial charge in [0, 0.05) is 11.8 Å². The van der Waals surface area contributed by atoms with E-state index in [1.54, 1.807) is 30.3 Å².